The second-order valence-corrected chi connectivity index (χ2v) is 5.65. The number of rotatable bonds is 3. The molecular formula is C17H18F2N2O. The normalized spacial score (nSPS) is 22.0. The standard InChI is InChI=1S/C17H18F2N2O/c1-11-5-2-3-8-16(11)21-17(22)12(10-20)9-13-14(18)6-4-7-15(13)19/h4,6-7,9,11,16H,2-3,5,8H2,1H3,(H,21,22)/b12-9+/t11-,16-/m0/s1. The molecule has 2 rings (SSSR count). The molecule has 1 saturated carbocycles. The SMILES string of the molecule is C[C@H]1CCCC[C@@H]1NC(=O)/C(C#N)=C/c1c(F)cccc1F. The van der Waals surface area contributed by atoms with Gasteiger partial charge in [0.15, 0.2) is 0 Å². The molecule has 3 nitrogen and oxygen atoms in total. The van der Waals surface area contributed by atoms with Crippen LogP contribution in [0.4, 0.5) is 8.78 Å². The number of hydrogen-bond acceptors (Lipinski definition) is 2. The zero-order chi connectivity index (χ0) is 16.1. The first-order valence-electron chi connectivity index (χ1n) is 7.39. The third-order valence-corrected chi connectivity index (χ3v) is 4.08. The fraction of sp³-hybridized carbons (Fsp3) is 0.412. The highest BCUT2D eigenvalue weighted by atomic mass is 19.1. The van der Waals surface area contributed by atoms with E-state index in [-0.39, 0.29) is 17.2 Å². The number of nitriles is 1. The third kappa shape index (κ3) is 3.70. The van der Waals surface area contributed by atoms with Crippen LogP contribution in [0.15, 0.2) is 23.8 Å². The highest BCUT2D eigenvalue weighted by molar-refractivity contribution is 6.01. The van der Waals surface area contributed by atoms with Gasteiger partial charge in [-0.05, 0) is 37.0 Å². The molecule has 2 atom stereocenters. The first-order valence-corrected chi connectivity index (χ1v) is 7.39. The molecule has 1 aromatic rings. The Balaban J connectivity index is 2.19. The summed E-state index contributed by atoms with van der Waals surface area (Å²) in [4.78, 5) is 12.2. The fourth-order valence-corrected chi connectivity index (χ4v) is 2.72. The van der Waals surface area contributed by atoms with E-state index in [2.05, 4.69) is 12.2 Å². The van der Waals surface area contributed by atoms with Crippen LogP contribution in [0.25, 0.3) is 6.08 Å². The number of amides is 1. The summed E-state index contributed by atoms with van der Waals surface area (Å²) in [7, 11) is 0. The average Bonchev–Trinajstić information content (AvgIpc) is 2.49. The number of hydrogen-bond donors (Lipinski definition) is 1. The van der Waals surface area contributed by atoms with Crippen LogP contribution in [-0.2, 0) is 4.79 Å². The summed E-state index contributed by atoms with van der Waals surface area (Å²) in [6, 6.07) is 5.14. The molecule has 0 aliphatic heterocycles. The van der Waals surface area contributed by atoms with Crippen molar-refractivity contribution >= 4 is 12.0 Å². The maximum absolute atomic E-state index is 13.6. The van der Waals surface area contributed by atoms with Gasteiger partial charge in [0.25, 0.3) is 5.91 Å². The highest BCUT2D eigenvalue weighted by Crippen LogP contribution is 2.24. The average molecular weight is 304 g/mol. The Morgan fingerprint density at radius 1 is 1.32 bits per heavy atom. The largest absolute Gasteiger partial charge is 0.348 e. The molecule has 0 heterocycles. The van der Waals surface area contributed by atoms with Crippen molar-refractivity contribution in [2.24, 2.45) is 5.92 Å². The second kappa shape index (κ2) is 7.17. The van der Waals surface area contributed by atoms with Gasteiger partial charge in [0, 0.05) is 11.6 Å². The molecule has 1 N–H and O–H groups in total. The van der Waals surface area contributed by atoms with Gasteiger partial charge in [-0.25, -0.2) is 8.78 Å². The molecule has 0 bridgehead atoms. The molecule has 22 heavy (non-hydrogen) atoms. The monoisotopic (exact) mass is 304 g/mol. The third-order valence-electron chi connectivity index (χ3n) is 4.08. The highest BCUT2D eigenvalue weighted by Gasteiger charge is 2.24. The van der Waals surface area contributed by atoms with Gasteiger partial charge in [0.2, 0.25) is 0 Å². The smallest absolute Gasteiger partial charge is 0.262 e. The Hall–Kier alpha value is -2.22. The maximum atomic E-state index is 13.6. The quantitative estimate of drug-likeness (QED) is 0.685. The van der Waals surface area contributed by atoms with Crippen molar-refractivity contribution in [2.75, 3.05) is 0 Å². The second-order valence-electron chi connectivity index (χ2n) is 5.65. The van der Waals surface area contributed by atoms with Gasteiger partial charge in [0.1, 0.15) is 23.3 Å². The van der Waals surface area contributed by atoms with Gasteiger partial charge in [0.05, 0.1) is 0 Å². The summed E-state index contributed by atoms with van der Waals surface area (Å²) in [5.41, 5.74) is -0.660. The number of benzene rings is 1. The predicted molar refractivity (Wildman–Crippen MR) is 79.5 cm³/mol. The van der Waals surface area contributed by atoms with Crippen LogP contribution in [0.1, 0.15) is 38.2 Å². The fourth-order valence-electron chi connectivity index (χ4n) is 2.72. The molecule has 0 aromatic heterocycles. The van der Waals surface area contributed by atoms with E-state index in [1.165, 1.54) is 6.07 Å². The summed E-state index contributed by atoms with van der Waals surface area (Å²) in [6.45, 7) is 2.05. The minimum Gasteiger partial charge on any atom is -0.348 e. The number of halogens is 2. The summed E-state index contributed by atoms with van der Waals surface area (Å²) in [5, 5.41) is 11.9. The van der Waals surface area contributed by atoms with E-state index < -0.39 is 17.5 Å². The van der Waals surface area contributed by atoms with Gasteiger partial charge in [-0.2, -0.15) is 5.26 Å². The van der Waals surface area contributed by atoms with Crippen LogP contribution in [0.2, 0.25) is 0 Å². The van der Waals surface area contributed by atoms with Crippen molar-refractivity contribution < 1.29 is 13.6 Å². The lowest BCUT2D eigenvalue weighted by Gasteiger charge is -2.29. The molecule has 1 fully saturated rings. The molecule has 1 aromatic carbocycles. The van der Waals surface area contributed by atoms with E-state index in [1.54, 1.807) is 6.07 Å². The van der Waals surface area contributed by atoms with E-state index in [9.17, 15) is 13.6 Å². The maximum Gasteiger partial charge on any atom is 0.262 e. The van der Waals surface area contributed by atoms with Crippen molar-refractivity contribution in [2.45, 2.75) is 38.6 Å². The number of carbonyl (C=O) groups is 1. The molecule has 1 aliphatic rings. The summed E-state index contributed by atoms with van der Waals surface area (Å²) < 4.78 is 27.2. The number of carbonyl (C=O) groups excluding carboxylic acids is 1. The van der Waals surface area contributed by atoms with Crippen LogP contribution in [0, 0.1) is 28.9 Å². The van der Waals surface area contributed by atoms with Crippen LogP contribution >= 0.6 is 0 Å². The molecule has 0 radical (unpaired) electrons. The van der Waals surface area contributed by atoms with Crippen molar-refractivity contribution in [3.63, 3.8) is 0 Å². The van der Waals surface area contributed by atoms with Gasteiger partial charge >= 0.3 is 0 Å². The Morgan fingerprint density at radius 3 is 2.55 bits per heavy atom. The van der Waals surface area contributed by atoms with Gasteiger partial charge < -0.3 is 5.32 Å². The Morgan fingerprint density at radius 2 is 1.95 bits per heavy atom. The molecule has 116 valence electrons. The van der Waals surface area contributed by atoms with Crippen molar-refractivity contribution in [1.29, 1.82) is 5.26 Å². The summed E-state index contributed by atoms with van der Waals surface area (Å²) >= 11 is 0. The number of nitrogens with one attached hydrogen (secondary N) is 1. The summed E-state index contributed by atoms with van der Waals surface area (Å²) in [5.74, 6) is -1.84. The van der Waals surface area contributed by atoms with Crippen molar-refractivity contribution in [3.8, 4) is 6.07 Å². The van der Waals surface area contributed by atoms with Crippen molar-refractivity contribution in [1.82, 2.24) is 5.32 Å². The minimum absolute atomic E-state index is 0.00321. The molecule has 0 spiro atoms. The Bertz CT molecular complexity index is 614. The lowest BCUT2D eigenvalue weighted by molar-refractivity contribution is -0.118. The predicted octanol–water partition coefficient (Wildman–Crippen LogP) is 3.57. The van der Waals surface area contributed by atoms with Crippen LogP contribution in [0.5, 0.6) is 0 Å². The lowest BCUT2D eigenvalue weighted by Crippen LogP contribution is -2.41. The Kier molecular flexibility index (Phi) is 5.26. The minimum atomic E-state index is -0.799. The first-order chi connectivity index (χ1) is 10.5. The first kappa shape index (κ1) is 16.2. The lowest BCUT2D eigenvalue weighted by atomic mass is 9.86. The molecule has 1 aliphatic carbocycles. The van der Waals surface area contributed by atoms with E-state index >= 15 is 0 Å². The van der Waals surface area contributed by atoms with E-state index in [1.807, 2.05) is 0 Å². The molecule has 1 amide bonds. The number of nitrogens with zero attached hydrogens (tertiary/aromatic N) is 1. The summed E-state index contributed by atoms with van der Waals surface area (Å²) in [6.07, 6.45) is 5.02. The van der Waals surface area contributed by atoms with Crippen LogP contribution in [-0.4, -0.2) is 11.9 Å². The van der Waals surface area contributed by atoms with Gasteiger partial charge in [-0.1, -0.05) is 25.8 Å². The van der Waals surface area contributed by atoms with E-state index in [0.717, 1.165) is 43.9 Å². The molecule has 0 unspecified atom stereocenters. The van der Waals surface area contributed by atoms with E-state index in [0.29, 0.717) is 5.92 Å². The van der Waals surface area contributed by atoms with Gasteiger partial charge in [-0.3, -0.25) is 4.79 Å². The van der Waals surface area contributed by atoms with Crippen molar-refractivity contribution in [3.05, 3.63) is 41.0 Å². The van der Waals surface area contributed by atoms with Crippen LogP contribution < -0.4 is 5.32 Å². The zero-order valence-corrected chi connectivity index (χ0v) is 12.4. The Labute approximate surface area is 128 Å². The molecular weight excluding hydrogens is 286 g/mol. The molecule has 5 heteroatoms. The van der Waals surface area contributed by atoms with E-state index in [4.69, 9.17) is 5.26 Å². The molecule has 0 saturated heterocycles. The topological polar surface area (TPSA) is 52.9 Å². The van der Waals surface area contributed by atoms with Crippen LogP contribution in [0.3, 0.4) is 0 Å². The van der Waals surface area contributed by atoms with Gasteiger partial charge in [-0.15, -0.1) is 0 Å². The zero-order valence-electron chi connectivity index (χ0n) is 12.4.